The van der Waals surface area contributed by atoms with E-state index in [1.807, 2.05) is 0 Å². The highest BCUT2D eigenvalue weighted by Gasteiger charge is 2.46. The lowest BCUT2D eigenvalue weighted by Gasteiger charge is -2.42. The fourth-order valence-corrected chi connectivity index (χ4v) is 2.84. The molecule has 0 aromatic heterocycles. The average molecular weight is 418 g/mol. The number of hydrogen-bond acceptors (Lipinski definition) is 9. The Morgan fingerprint density at radius 1 is 1.14 bits per heavy atom. The summed E-state index contributed by atoms with van der Waals surface area (Å²) < 4.78 is 21.3. The molecule has 0 saturated carbocycles. The van der Waals surface area contributed by atoms with Crippen molar-refractivity contribution in [3.63, 3.8) is 0 Å². The summed E-state index contributed by atoms with van der Waals surface area (Å²) in [5, 5.41) is 13.3. The van der Waals surface area contributed by atoms with E-state index in [1.54, 1.807) is 0 Å². The van der Waals surface area contributed by atoms with Gasteiger partial charge in [-0.15, -0.1) is 0 Å². The summed E-state index contributed by atoms with van der Waals surface area (Å²) in [6.45, 7) is 5.23. The van der Waals surface area contributed by atoms with Gasteiger partial charge in [0.05, 0.1) is 6.04 Å². The van der Waals surface area contributed by atoms with Crippen LogP contribution in [0.4, 0.5) is 0 Å². The Labute approximate surface area is 171 Å². The summed E-state index contributed by atoms with van der Waals surface area (Å²) in [6.07, 6.45) is -0.577. The molecule has 0 bridgehead atoms. The first-order valence-electron chi connectivity index (χ1n) is 10.0. The van der Waals surface area contributed by atoms with Gasteiger partial charge in [-0.2, -0.15) is 0 Å². The Balaban J connectivity index is 2.47. The first kappa shape index (κ1) is 25.3. The molecule has 1 rings (SSSR count). The van der Waals surface area contributed by atoms with Crippen LogP contribution in [-0.2, 0) is 33.3 Å². The maximum absolute atomic E-state index is 11.7. The Kier molecular flexibility index (Phi) is 11.7. The van der Waals surface area contributed by atoms with Gasteiger partial charge in [-0.05, 0) is 19.3 Å². The molecule has 10 heteroatoms. The smallest absolute Gasteiger partial charge is 0.303 e. The van der Waals surface area contributed by atoms with Crippen molar-refractivity contribution in [1.29, 1.82) is 0 Å². The molecule has 29 heavy (non-hydrogen) atoms. The lowest BCUT2D eigenvalue weighted by molar-refractivity contribution is -0.271. The molecule has 0 spiro atoms. The van der Waals surface area contributed by atoms with Crippen LogP contribution in [0.1, 0.15) is 52.9 Å². The molecule has 1 fully saturated rings. The Hall–Kier alpha value is -1.75. The summed E-state index contributed by atoms with van der Waals surface area (Å²) in [7, 11) is 0. The number of nitrogens with one attached hydrogen (secondary N) is 1. The summed E-state index contributed by atoms with van der Waals surface area (Å²) in [6, 6.07) is -0.953. The summed E-state index contributed by atoms with van der Waals surface area (Å²) in [4.78, 5) is 34.1. The maximum Gasteiger partial charge on any atom is 0.303 e. The van der Waals surface area contributed by atoms with Gasteiger partial charge in [-0.25, -0.2) is 0 Å². The van der Waals surface area contributed by atoms with Crippen LogP contribution in [0.25, 0.3) is 0 Å². The Morgan fingerprint density at radius 3 is 2.48 bits per heavy atom. The molecule has 0 aromatic carbocycles. The van der Waals surface area contributed by atoms with Crippen LogP contribution in [0.2, 0.25) is 0 Å². The zero-order chi connectivity index (χ0) is 21.8. The fourth-order valence-electron chi connectivity index (χ4n) is 2.84. The second kappa shape index (κ2) is 13.5. The number of amides is 1. The van der Waals surface area contributed by atoms with E-state index in [1.165, 1.54) is 13.8 Å². The first-order valence-corrected chi connectivity index (χ1v) is 10.0. The minimum absolute atomic E-state index is 0.00478. The van der Waals surface area contributed by atoms with E-state index >= 15 is 0 Å². The summed E-state index contributed by atoms with van der Waals surface area (Å²) in [5.41, 5.74) is 5.97. The molecule has 4 N–H and O–H groups in total. The molecule has 10 nitrogen and oxygen atoms in total. The van der Waals surface area contributed by atoms with Crippen LogP contribution in [-0.4, -0.2) is 73.4 Å². The zero-order valence-electron chi connectivity index (χ0n) is 17.4. The molecule has 5 atom stereocenters. The minimum atomic E-state index is -1.25. The van der Waals surface area contributed by atoms with Crippen molar-refractivity contribution in [2.24, 2.45) is 5.73 Å². The van der Waals surface area contributed by atoms with Crippen molar-refractivity contribution >= 4 is 17.8 Å². The van der Waals surface area contributed by atoms with Crippen molar-refractivity contribution in [3.05, 3.63) is 0 Å². The number of aliphatic hydroxyl groups is 1. The van der Waals surface area contributed by atoms with E-state index in [0.29, 0.717) is 25.8 Å². The maximum atomic E-state index is 11.7. The third-order valence-corrected chi connectivity index (χ3v) is 4.41. The Bertz CT molecular complexity index is 530. The topological polar surface area (TPSA) is 146 Å². The monoisotopic (exact) mass is 418 g/mol. The SMILES string of the molecule is CCCCNC(=O)CCCCOC1OC(COC(C)=O)C(OC(C)=O)C(O)C1N. The summed E-state index contributed by atoms with van der Waals surface area (Å²) in [5.74, 6) is -1.14. The molecule has 0 radical (unpaired) electrons. The van der Waals surface area contributed by atoms with Crippen molar-refractivity contribution in [1.82, 2.24) is 5.32 Å². The van der Waals surface area contributed by atoms with E-state index in [2.05, 4.69) is 12.2 Å². The van der Waals surface area contributed by atoms with E-state index < -0.39 is 42.6 Å². The molecule has 1 aliphatic rings. The van der Waals surface area contributed by atoms with Gasteiger partial charge in [0, 0.05) is 33.4 Å². The van der Waals surface area contributed by atoms with E-state index in [9.17, 15) is 19.5 Å². The van der Waals surface area contributed by atoms with Crippen LogP contribution < -0.4 is 11.1 Å². The molecule has 1 amide bonds. The van der Waals surface area contributed by atoms with Crippen LogP contribution in [0.15, 0.2) is 0 Å². The molecule has 1 saturated heterocycles. The molecule has 168 valence electrons. The number of aliphatic hydroxyl groups excluding tert-OH is 1. The van der Waals surface area contributed by atoms with Crippen LogP contribution in [0.5, 0.6) is 0 Å². The van der Waals surface area contributed by atoms with Crippen LogP contribution in [0.3, 0.4) is 0 Å². The van der Waals surface area contributed by atoms with Crippen molar-refractivity contribution in [2.75, 3.05) is 19.8 Å². The lowest BCUT2D eigenvalue weighted by Crippen LogP contribution is -2.63. The first-order chi connectivity index (χ1) is 13.8. The van der Waals surface area contributed by atoms with Gasteiger partial charge in [0.15, 0.2) is 12.4 Å². The number of unbranched alkanes of at least 4 members (excludes halogenated alkanes) is 2. The highest BCUT2D eigenvalue weighted by molar-refractivity contribution is 5.75. The second-order valence-corrected chi connectivity index (χ2v) is 7.02. The number of carbonyl (C=O) groups excluding carboxylic acids is 3. The molecule has 0 aromatic rings. The van der Waals surface area contributed by atoms with Crippen molar-refractivity contribution in [2.45, 2.75) is 83.5 Å². The molecule has 1 heterocycles. The van der Waals surface area contributed by atoms with E-state index in [4.69, 9.17) is 24.7 Å². The quantitative estimate of drug-likeness (QED) is 0.294. The highest BCUT2D eigenvalue weighted by atomic mass is 16.7. The second-order valence-electron chi connectivity index (χ2n) is 7.02. The van der Waals surface area contributed by atoms with Gasteiger partial charge < -0.3 is 35.1 Å². The third-order valence-electron chi connectivity index (χ3n) is 4.41. The number of ether oxygens (including phenoxy) is 4. The van der Waals surface area contributed by atoms with Crippen molar-refractivity contribution in [3.8, 4) is 0 Å². The molecule has 0 aliphatic carbocycles. The molecular weight excluding hydrogens is 384 g/mol. The van der Waals surface area contributed by atoms with E-state index in [0.717, 1.165) is 12.8 Å². The number of carbonyl (C=O) groups is 3. The molecule has 1 aliphatic heterocycles. The molecular formula is C19H34N2O8. The largest absolute Gasteiger partial charge is 0.463 e. The van der Waals surface area contributed by atoms with Gasteiger partial charge in [-0.3, -0.25) is 14.4 Å². The normalized spacial score (nSPS) is 26.6. The zero-order valence-corrected chi connectivity index (χ0v) is 17.4. The number of nitrogens with two attached hydrogens (primary N) is 1. The number of esters is 2. The minimum Gasteiger partial charge on any atom is -0.463 e. The third kappa shape index (κ3) is 9.53. The van der Waals surface area contributed by atoms with Gasteiger partial charge in [0.1, 0.15) is 18.8 Å². The number of rotatable bonds is 12. The fraction of sp³-hybridized carbons (Fsp3) is 0.842. The number of hydrogen-bond donors (Lipinski definition) is 3. The van der Waals surface area contributed by atoms with Gasteiger partial charge >= 0.3 is 11.9 Å². The van der Waals surface area contributed by atoms with E-state index in [-0.39, 0.29) is 19.1 Å². The van der Waals surface area contributed by atoms with Gasteiger partial charge in [-0.1, -0.05) is 13.3 Å². The standard InChI is InChI=1S/C19H34N2O8/c1-4-5-9-21-15(24)8-6-7-10-26-19-16(20)17(25)18(28-13(3)23)14(29-19)11-27-12(2)22/h14,16-19,25H,4-11,20H2,1-3H3,(H,21,24). The highest BCUT2D eigenvalue weighted by Crippen LogP contribution is 2.24. The van der Waals surface area contributed by atoms with Gasteiger partial charge in [0.2, 0.25) is 5.91 Å². The van der Waals surface area contributed by atoms with Crippen LogP contribution in [0, 0.1) is 0 Å². The van der Waals surface area contributed by atoms with Crippen molar-refractivity contribution < 1.29 is 38.4 Å². The molecule has 5 unspecified atom stereocenters. The Morgan fingerprint density at radius 2 is 1.86 bits per heavy atom. The summed E-state index contributed by atoms with van der Waals surface area (Å²) >= 11 is 0. The predicted octanol–water partition coefficient (Wildman–Crippen LogP) is -0.00250. The average Bonchev–Trinajstić information content (AvgIpc) is 2.65. The lowest BCUT2D eigenvalue weighted by atomic mass is 9.97. The van der Waals surface area contributed by atoms with Crippen LogP contribution >= 0.6 is 0 Å². The van der Waals surface area contributed by atoms with Gasteiger partial charge in [0.25, 0.3) is 0 Å². The predicted molar refractivity (Wildman–Crippen MR) is 103 cm³/mol.